The van der Waals surface area contributed by atoms with Gasteiger partial charge in [0.25, 0.3) is 0 Å². The molecular weight excluding hydrogens is 478 g/mol. The number of hydrogen-bond acceptors (Lipinski definition) is 9. The first-order chi connectivity index (χ1) is 16.9. The maximum Gasteiger partial charge on any atom is 0.191 e. The Morgan fingerprint density at radius 3 is 2.60 bits per heavy atom. The highest BCUT2D eigenvalue weighted by molar-refractivity contribution is 7.99. The van der Waals surface area contributed by atoms with Crippen LogP contribution in [0.2, 0.25) is 0 Å². The molecule has 0 aliphatic heterocycles. The minimum Gasteiger partial charge on any atom is -0.390 e. The van der Waals surface area contributed by atoms with E-state index in [-0.39, 0.29) is 30.8 Å². The molecule has 9 nitrogen and oxygen atoms in total. The summed E-state index contributed by atoms with van der Waals surface area (Å²) in [5, 5.41) is 42.6. The average molecular weight is 505 g/mol. The Bertz CT molecular complexity index is 1260. The largest absolute Gasteiger partial charge is 0.390 e. The maximum atomic E-state index is 13.7. The average Bonchev–Trinajstić information content (AvgIpc) is 3.76. The molecular formula is C23H26F2N6O3S. The lowest BCUT2D eigenvalue weighted by Gasteiger charge is -2.16. The van der Waals surface area contributed by atoms with Crippen molar-refractivity contribution in [2.24, 2.45) is 11.8 Å². The van der Waals surface area contributed by atoms with Gasteiger partial charge < -0.3 is 20.6 Å². The smallest absolute Gasteiger partial charge is 0.191 e. The number of nitrogens with one attached hydrogen (secondary N) is 1. The van der Waals surface area contributed by atoms with Crippen LogP contribution in [0.4, 0.5) is 14.6 Å². The summed E-state index contributed by atoms with van der Waals surface area (Å²) in [6.07, 6.45) is 0.194. The van der Waals surface area contributed by atoms with Crippen molar-refractivity contribution in [3.63, 3.8) is 0 Å². The second-order valence-electron chi connectivity index (χ2n) is 9.86. The van der Waals surface area contributed by atoms with Crippen LogP contribution in [0.1, 0.15) is 37.2 Å². The van der Waals surface area contributed by atoms with E-state index in [2.05, 4.69) is 25.6 Å². The third kappa shape index (κ3) is 4.59. The van der Waals surface area contributed by atoms with E-state index >= 15 is 0 Å². The normalized spacial score (nSPS) is 30.2. The first-order valence-corrected chi connectivity index (χ1v) is 12.9. The molecule has 186 valence electrons. The quantitative estimate of drug-likeness (QED) is 0.269. The number of aliphatic hydroxyl groups is 3. The van der Waals surface area contributed by atoms with E-state index in [1.54, 1.807) is 22.5 Å². The molecule has 0 spiro atoms. The number of anilines is 1. The van der Waals surface area contributed by atoms with Gasteiger partial charge in [0.2, 0.25) is 0 Å². The first kappa shape index (κ1) is 23.0. The summed E-state index contributed by atoms with van der Waals surface area (Å²) in [6.45, 7) is 0.246. The highest BCUT2D eigenvalue weighted by Crippen LogP contribution is 2.44. The van der Waals surface area contributed by atoms with Crippen molar-refractivity contribution in [1.82, 2.24) is 25.0 Å². The van der Waals surface area contributed by atoms with Crippen LogP contribution >= 0.6 is 11.8 Å². The molecule has 0 amide bonds. The highest BCUT2D eigenvalue weighted by atomic mass is 32.2. The molecule has 3 saturated carbocycles. The second-order valence-corrected chi connectivity index (χ2v) is 10.9. The second kappa shape index (κ2) is 8.91. The zero-order valence-corrected chi connectivity index (χ0v) is 19.6. The molecule has 6 rings (SSSR count). The third-order valence-electron chi connectivity index (χ3n) is 7.15. The zero-order chi connectivity index (χ0) is 24.3. The Labute approximate surface area is 204 Å². The van der Waals surface area contributed by atoms with Crippen LogP contribution in [0, 0.1) is 23.5 Å². The summed E-state index contributed by atoms with van der Waals surface area (Å²) in [7, 11) is 0. The van der Waals surface area contributed by atoms with Gasteiger partial charge in [0, 0.05) is 23.6 Å². The number of fused-ring (bicyclic) bond motifs is 1. The lowest BCUT2D eigenvalue weighted by atomic mass is 10.1. The van der Waals surface area contributed by atoms with Crippen LogP contribution in [0.5, 0.6) is 0 Å². The Kier molecular flexibility index (Phi) is 5.86. The standard InChI is InChI=1S/C23H26F2N6O3S/c24-14-4-3-11(5-15(14)25)13-7-16(13)26-21-18-22(28-23(27-21)35-9-10-1-2-10)31(30-29-18)8-12-6-17(32)20(34)19(12)33/h3-5,10,12-13,16-17,19-20,32-34H,1-2,6-9H2,(H,26,27,28)/t12-,13+,16-,17+,19+,20-/m1/s1. The topological polar surface area (TPSA) is 129 Å². The molecule has 3 aliphatic carbocycles. The number of hydrogen-bond donors (Lipinski definition) is 4. The molecule has 3 fully saturated rings. The monoisotopic (exact) mass is 504 g/mol. The first-order valence-electron chi connectivity index (χ1n) is 11.9. The van der Waals surface area contributed by atoms with Crippen molar-refractivity contribution < 1.29 is 24.1 Å². The lowest BCUT2D eigenvalue weighted by Crippen LogP contribution is -2.31. The molecule has 35 heavy (non-hydrogen) atoms. The van der Waals surface area contributed by atoms with Crippen molar-refractivity contribution >= 4 is 28.7 Å². The summed E-state index contributed by atoms with van der Waals surface area (Å²) in [5.41, 5.74) is 1.71. The SMILES string of the molecule is O[C@H]1[C@@H](Cn2nnc3c(N[C@@H]4C[C@H]4c4ccc(F)c(F)c4)nc(SCC4CC4)nc32)C[C@H](O)[C@H]1O. The Morgan fingerprint density at radius 1 is 1.06 bits per heavy atom. The number of aromatic nitrogens is 5. The van der Waals surface area contributed by atoms with E-state index in [0.717, 1.165) is 23.8 Å². The van der Waals surface area contributed by atoms with Crippen molar-refractivity contribution in [2.75, 3.05) is 11.1 Å². The molecule has 2 aromatic heterocycles. The van der Waals surface area contributed by atoms with Gasteiger partial charge in [-0.1, -0.05) is 23.0 Å². The van der Waals surface area contributed by atoms with Crippen LogP contribution in [0.25, 0.3) is 11.2 Å². The summed E-state index contributed by atoms with van der Waals surface area (Å²) in [6, 6.07) is 3.97. The number of benzene rings is 1. The fraction of sp³-hybridized carbons (Fsp3) is 0.565. The number of halogens is 2. The molecule has 0 bridgehead atoms. The molecule has 3 aliphatic rings. The van der Waals surface area contributed by atoms with E-state index in [1.165, 1.54) is 18.9 Å². The molecule has 0 saturated heterocycles. The molecule has 0 radical (unpaired) electrons. The van der Waals surface area contributed by atoms with E-state index in [0.29, 0.717) is 28.1 Å². The highest BCUT2D eigenvalue weighted by Gasteiger charge is 2.42. The van der Waals surface area contributed by atoms with Gasteiger partial charge in [-0.25, -0.2) is 23.4 Å². The summed E-state index contributed by atoms with van der Waals surface area (Å²) in [4.78, 5) is 9.37. The molecule has 12 heteroatoms. The Balaban J connectivity index is 1.26. The zero-order valence-electron chi connectivity index (χ0n) is 18.8. The minimum atomic E-state index is -1.19. The molecule has 0 unspecified atom stereocenters. The Hall–Kier alpha value is -2.41. The van der Waals surface area contributed by atoms with E-state index in [4.69, 9.17) is 0 Å². The van der Waals surface area contributed by atoms with Crippen molar-refractivity contribution in [1.29, 1.82) is 0 Å². The predicted octanol–water partition coefficient (Wildman–Crippen LogP) is 2.07. The summed E-state index contributed by atoms with van der Waals surface area (Å²) < 4.78 is 28.6. The number of thioether (sulfide) groups is 1. The van der Waals surface area contributed by atoms with Gasteiger partial charge in [-0.15, -0.1) is 5.10 Å². The minimum absolute atomic E-state index is 0.00802. The van der Waals surface area contributed by atoms with Gasteiger partial charge >= 0.3 is 0 Å². The van der Waals surface area contributed by atoms with Gasteiger partial charge in [-0.05, 0) is 49.3 Å². The molecule has 2 heterocycles. The fourth-order valence-electron chi connectivity index (χ4n) is 4.74. The predicted molar refractivity (Wildman–Crippen MR) is 124 cm³/mol. The van der Waals surface area contributed by atoms with Crippen LogP contribution in [-0.4, -0.2) is 70.4 Å². The fourth-order valence-corrected chi connectivity index (χ4v) is 5.77. The Morgan fingerprint density at radius 2 is 1.89 bits per heavy atom. The maximum absolute atomic E-state index is 13.7. The van der Waals surface area contributed by atoms with E-state index in [1.807, 2.05) is 0 Å². The lowest BCUT2D eigenvalue weighted by molar-refractivity contribution is -0.0272. The molecule has 4 N–H and O–H groups in total. The third-order valence-corrected chi connectivity index (χ3v) is 8.23. The summed E-state index contributed by atoms with van der Waals surface area (Å²) in [5.74, 6) is 0.0524. The van der Waals surface area contributed by atoms with Gasteiger partial charge in [-0.3, -0.25) is 0 Å². The van der Waals surface area contributed by atoms with Crippen LogP contribution in [0.3, 0.4) is 0 Å². The van der Waals surface area contributed by atoms with Crippen molar-refractivity contribution in [3.05, 3.63) is 35.4 Å². The van der Waals surface area contributed by atoms with Crippen molar-refractivity contribution in [2.45, 2.75) is 67.7 Å². The van der Waals surface area contributed by atoms with Crippen LogP contribution in [0.15, 0.2) is 23.4 Å². The van der Waals surface area contributed by atoms with Gasteiger partial charge in [-0.2, -0.15) is 0 Å². The van der Waals surface area contributed by atoms with Gasteiger partial charge in [0.05, 0.1) is 18.8 Å². The van der Waals surface area contributed by atoms with Crippen molar-refractivity contribution in [3.8, 4) is 0 Å². The van der Waals surface area contributed by atoms with Gasteiger partial charge in [0.1, 0.15) is 6.10 Å². The molecule has 3 aromatic rings. The number of rotatable bonds is 8. The number of aliphatic hydroxyl groups excluding tert-OH is 3. The van der Waals surface area contributed by atoms with Crippen LogP contribution < -0.4 is 5.32 Å². The summed E-state index contributed by atoms with van der Waals surface area (Å²) >= 11 is 1.57. The molecule has 1 aromatic carbocycles. The number of nitrogens with zero attached hydrogens (tertiary/aromatic N) is 5. The molecule has 6 atom stereocenters. The van der Waals surface area contributed by atoms with Crippen LogP contribution in [-0.2, 0) is 6.54 Å². The van der Waals surface area contributed by atoms with E-state index < -0.39 is 29.9 Å². The van der Waals surface area contributed by atoms with E-state index in [9.17, 15) is 24.1 Å². The van der Waals surface area contributed by atoms with Gasteiger partial charge in [0.15, 0.2) is 33.8 Å².